The number of allylic oxidation sites excluding steroid dienone is 1. The van der Waals surface area contributed by atoms with Crippen LogP contribution in [0.3, 0.4) is 0 Å². The van der Waals surface area contributed by atoms with Crippen LogP contribution in [0.5, 0.6) is 0 Å². The zero-order valence-electron chi connectivity index (χ0n) is 41.2. The quantitative estimate of drug-likeness (QED) is 0.0248. The highest BCUT2D eigenvalue weighted by atomic mass is 15.2. The van der Waals surface area contributed by atoms with Gasteiger partial charge in [-0.15, -0.1) is 6.58 Å². The van der Waals surface area contributed by atoms with E-state index in [1.807, 2.05) is 12.3 Å². The zero-order valence-corrected chi connectivity index (χ0v) is 41.2. The molecule has 7 rings (SSSR count). The van der Waals surface area contributed by atoms with Crippen molar-refractivity contribution in [2.24, 2.45) is 29.6 Å². The van der Waals surface area contributed by atoms with Crippen molar-refractivity contribution in [3.05, 3.63) is 158 Å². The molecule has 0 radical (unpaired) electrons. The number of nitrogens with one attached hydrogen (secondary N) is 8. The van der Waals surface area contributed by atoms with Gasteiger partial charge in [-0.1, -0.05) is 114 Å². The molecule has 9 heteroatoms. The van der Waals surface area contributed by atoms with Gasteiger partial charge in [0.15, 0.2) is 0 Å². The summed E-state index contributed by atoms with van der Waals surface area (Å²) in [6, 6.07) is 18.1. The molecule has 66 heavy (non-hydrogen) atoms. The number of H-pyrrole nitrogens is 2. The summed E-state index contributed by atoms with van der Waals surface area (Å²) in [5, 5.41) is 25.4. The number of likely N-dealkylation sites (tertiary alicyclic amines) is 1. The fourth-order valence-electron chi connectivity index (χ4n) is 11.7. The van der Waals surface area contributed by atoms with E-state index < -0.39 is 0 Å². The minimum absolute atomic E-state index is 0.0742. The Kier molecular flexibility index (Phi) is 16.1. The number of aromatic nitrogens is 2. The Labute approximate surface area is 396 Å². The first kappa shape index (κ1) is 48.6. The van der Waals surface area contributed by atoms with E-state index in [4.69, 9.17) is 13.2 Å². The second-order valence-electron chi connectivity index (χ2n) is 20.0. The van der Waals surface area contributed by atoms with E-state index in [1.54, 1.807) is 0 Å². The average molecular weight is 892 g/mol. The number of rotatable bonds is 25. The van der Waals surface area contributed by atoms with Crippen LogP contribution in [-0.2, 0) is 6.42 Å². The molecule has 2 aromatic carbocycles. The molecule has 0 spiro atoms. The van der Waals surface area contributed by atoms with Crippen LogP contribution < -0.4 is 31.9 Å². The first-order valence-electron chi connectivity index (χ1n) is 24.8. The monoisotopic (exact) mass is 892 g/mol. The van der Waals surface area contributed by atoms with E-state index in [0.29, 0.717) is 35.6 Å². The second-order valence-corrected chi connectivity index (χ2v) is 20.0. The fraction of sp³-hybridized carbons (Fsp3) is 0.474. The minimum atomic E-state index is -0.0982. The van der Waals surface area contributed by atoms with Crippen LogP contribution in [0.4, 0.5) is 0 Å². The Balaban J connectivity index is 1.18. The maximum absolute atomic E-state index is 4.90. The highest BCUT2D eigenvalue weighted by Crippen LogP contribution is 2.41. The van der Waals surface area contributed by atoms with Crippen molar-refractivity contribution in [3.63, 3.8) is 0 Å². The molecule has 3 aliphatic heterocycles. The van der Waals surface area contributed by atoms with Gasteiger partial charge in [0.2, 0.25) is 0 Å². The Morgan fingerprint density at radius 3 is 2.26 bits per heavy atom. The maximum atomic E-state index is 4.90. The molecule has 4 aromatic rings. The highest BCUT2D eigenvalue weighted by Gasteiger charge is 2.39. The number of fused-ring (bicyclic) bond motifs is 2. The van der Waals surface area contributed by atoms with Crippen molar-refractivity contribution in [1.29, 1.82) is 0 Å². The Bertz CT molecular complexity index is 2380. The predicted molar refractivity (Wildman–Crippen MR) is 281 cm³/mol. The average Bonchev–Trinajstić information content (AvgIpc) is 4.16. The fourth-order valence-corrected chi connectivity index (χ4v) is 11.7. The van der Waals surface area contributed by atoms with E-state index >= 15 is 0 Å². The largest absolute Gasteiger partial charge is 0.391 e. The maximum Gasteiger partial charge on any atom is 0.0720 e. The number of para-hydroxylation sites is 2. The summed E-state index contributed by atoms with van der Waals surface area (Å²) < 4.78 is 0. The van der Waals surface area contributed by atoms with Crippen molar-refractivity contribution < 1.29 is 0 Å². The molecular weight excluding hydrogens is 811 g/mol. The molecule has 12 atom stereocenters. The third-order valence-electron chi connectivity index (χ3n) is 15.6. The number of nitrogens with zero attached hydrogens (tertiary/aromatic N) is 1. The molecule has 0 aliphatic carbocycles. The molecule has 0 bridgehead atoms. The zero-order chi connectivity index (χ0) is 47.1. The lowest BCUT2D eigenvalue weighted by atomic mass is 9.72. The minimum Gasteiger partial charge on any atom is -0.391 e. The van der Waals surface area contributed by atoms with E-state index in [9.17, 15) is 0 Å². The predicted octanol–water partition coefficient (Wildman–Crippen LogP) is 10.1. The van der Waals surface area contributed by atoms with Crippen LogP contribution in [0.25, 0.3) is 21.8 Å². The second kappa shape index (κ2) is 21.9. The van der Waals surface area contributed by atoms with Crippen LogP contribution >= 0.6 is 0 Å². The molecule has 354 valence electrons. The number of likely N-dealkylation sites (N-methyl/N-ethyl adjacent to an activating group) is 2. The number of aromatic amines is 2. The van der Waals surface area contributed by atoms with Crippen molar-refractivity contribution >= 4 is 21.8 Å². The van der Waals surface area contributed by atoms with Crippen LogP contribution in [0, 0.1) is 29.6 Å². The molecule has 1 saturated heterocycles. The van der Waals surface area contributed by atoms with Gasteiger partial charge in [0.1, 0.15) is 0 Å². The Morgan fingerprint density at radius 2 is 1.58 bits per heavy atom. The standard InChI is InChI=1S/C57H81N9/c1-13-49-36(4)30-53(65-49)56(58-11)37(5)29-35(3)44(23-19-27-59-14-2)38(6)47-32-54(62-40(47)8)57(39(7)48-34-61-51-25-18-16-22-46(48)51)64-41(9)52(63-42(10)55-26-20-28-66(55)12)31-43-33-60-50-24-17-15-21-45(43)50/h13-18,21-22,24-25,30,32-34,36-40,44,47,49,52,55-65H,1-3,9-10,19-20,23,26-29,31H2,4-8,11-12H3. The molecule has 0 saturated carbocycles. The lowest BCUT2D eigenvalue weighted by Crippen LogP contribution is -2.47. The Morgan fingerprint density at radius 1 is 0.879 bits per heavy atom. The molecule has 8 N–H and O–H groups in total. The third kappa shape index (κ3) is 10.7. The number of benzene rings is 2. The van der Waals surface area contributed by atoms with Crippen LogP contribution in [0.15, 0.2) is 147 Å². The SMILES string of the molecule is C=CNCCCC(C(=C)CC(C)C(NC)C1=CC(C)C(C=C)N1)C(C)C1C=C(C(NC(=C)C(Cc2c[nH]c3ccccc23)NC(=C)C2CCCN2C)C(C)c2c[nH]c3ccccc23)NC1C. The summed E-state index contributed by atoms with van der Waals surface area (Å²) in [4.78, 5) is 9.53. The molecule has 12 unspecified atom stereocenters. The summed E-state index contributed by atoms with van der Waals surface area (Å²) in [6.45, 7) is 36.2. The molecule has 9 nitrogen and oxygen atoms in total. The highest BCUT2D eigenvalue weighted by molar-refractivity contribution is 5.84. The number of hydrogen-bond acceptors (Lipinski definition) is 7. The van der Waals surface area contributed by atoms with Crippen LogP contribution in [0.2, 0.25) is 0 Å². The van der Waals surface area contributed by atoms with E-state index in [0.717, 1.165) is 67.6 Å². The van der Waals surface area contributed by atoms with Gasteiger partial charge in [-0.3, -0.25) is 4.90 Å². The number of hydrogen-bond donors (Lipinski definition) is 8. The first-order valence-corrected chi connectivity index (χ1v) is 24.8. The van der Waals surface area contributed by atoms with E-state index in [2.05, 4.69) is 188 Å². The molecule has 1 fully saturated rings. The van der Waals surface area contributed by atoms with Crippen LogP contribution in [-0.4, -0.2) is 78.3 Å². The molecule has 2 aromatic heterocycles. The van der Waals surface area contributed by atoms with Gasteiger partial charge < -0.3 is 41.9 Å². The van der Waals surface area contributed by atoms with Gasteiger partial charge in [-0.25, -0.2) is 0 Å². The van der Waals surface area contributed by atoms with E-state index in [-0.39, 0.29) is 36.1 Å². The third-order valence-corrected chi connectivity index (χ3v) is 15.6. The van der Waals surface area contributed by atoms with Crippen molar-refractivity contribution in [2.45, 2.75) is 115 Å². The van der Waals surface area contributed by atoms with Gasteiger partial charge in [0, 0.05) is 106 Å². The van der Waals surface area contributed by atoms with E-state index in [1.165, 1.54) is 45.3 Å². The van der Waals surface area contributed by atoms with Crippen molar-refractivity contribution in [3.8, 4) is 0 Å². The van der Waals surface area contributed by atoms with Gasteiger partial charge in [0.25, 0.3) is 0 Å². The smallest absolute Gasteiger partial charge is 0.0720 e. The topological polar surface area (TPSA) is 107 Å². The summed E-state index contributed by atoms with van der Waals surface area (Å²) in [5.74, 6) is 1.86. The van der Waals surface area contributed by atoms with Gasteiger partial charge in [-0.05, 0) is 113 Å². The lowest BCUT2D eigenvalue weighted by molar-refractivity contribution is 0.262. The molecular formula is C57H81N9. The summed E-state index contributed by atoms with van der Waals surface area (Å²) in [6.07, 6.45) is 19.3. The normalized spacial score (nSPS) is 24.0. The Hall–Kier alpha value is -5.38. The molecule has 0 amide bonds. The summed E-state index contributed by atoms with van der Waals surface area (Å²) in [5.41, 5.74) is 10.7. The van der Waals surface area contributed by atoms with Gasteiger partial charge in [0.05, 0.1) is 12.1 Å². The van der Waals surface area contributed by atoms with Crippen molar-refractivity contribution in [1.82, 2.24) is 46.8 Å². The lowest BCUT2D eigenvalue weighted by Gasteiger charge is -2.34. The van der Waals surface area contributed by atoms with Gasteiger partial charge in [-0.2, -0.15) is 0 Å². The molecule has 5 heterocycles. The summed E-state index contributed by atoms with van der Waals surface area (Å²) >= 11 is 0. The van der Waals surface area contributed by atoms with Crippen LogP contribution in [0.1, 0.15) is 83.8 Å². The van der Waals surface area contributed by atoms with Crippen molar-refractivity contribution in [2.75, 3.05) is 27.2 Å². The van der Waals surface area contributed by atoms with Gasteiger partial charge >= 0.3 is 0 Å². The summed E-state index contributed by atoms with van der Waals surface area (Å²) in [7, 11) is 4.30. The first-order chi connectivity index (χ1) is 31.8. The molecule has 3 aliphatic rings.